The standard InChI is InChI=1S/C21H23N7O/c1-13(28-12-25-18-19(22)23-11-24-20(18)28)21(29)27-9-5-8-17(27)15-10-26(2)16-7-4-3-6-14(15)16/h3-4,6-7,10-13,17H,5,8-9H2,1-2H3,(H2,22,23,24). The lowest BCUT2D eigenvalue weighted by Gasteiger charge is -2.28. The van der Waals surface area contributed by atoms with Gasteiger partial charge < -0.3 is 19.8 Å². The summed E-state index contributed by atoms with van der Waals surface area (Å²) < 4.78 is 3.92. The van der Waals surface area contributed by atoms with Crippen LogP contribution < -0.4 is 5.73 Å². The zero-order chi connectivity index (χ0) is 20.1. The smallest absolute Gasteiger partial charge is 0.245 e. The molecule has 1 aromatic carbocycles. The molecule has 0 spiro atoms. The zero-order valence-electron chi connectivity index (χ0n) is 16.5. The normalized spacial score (nSPS) is 18.0. The van der Waals surface area contributed by atoms with Gasteiger partial charge in [-0.3, -0.25) is 4.79 Å². The van der Waals surface area contributed by atoms with Crippen molar-refractivity contribution in [2.45, 2.75) is 31.8 Å². The first-order chi connectivity index (χ1) is 14.1. The Labute approximate surface area is 168 Å². The second-order valence-corrected chi connectivity index (χ2v) is 7.66. The number of anilines is 1. The van der Waals surface area contributed by atoms with Crippen LogP contribution in [-0.2, 0) is 11.8 Å². The summed E-state index contributed by atoms with van der Waals surface area (Å²) in [5, 5.41) is 1.21. The van der Waals surface area contributed by atoms with Crippen LogP contribution in [0.4, 0.5) is 5.82 Å². The molecule has 0 saturated carbocycles. The van der Waals surface area contributed by atoms with Crippen LogP contribution in [0.3, 0.4) is 0 Å². The number of fused-ring (bicyclic) bond motifs is 2. The fraction of sp³-hybridized carbons (Fsp3) is 0.333. The third-order valence-corrected chi connectivity index (χ3v) is 5.98. The van der Waals surface area contributed by atoms with Crippen LogP contribution in [0.15, 0.2) is 43.1 Å². The third-order valence-electron chi connectivity index (χ3n) is 5.98. The van der Waals surface area contributed by atoms with Crippen molar-refractivity contribution in [2.75, 3.05) is 12.3 Å². The molecule has 148 valence electrons. The van der Waals surface area contributed by atoms with Gasteiger partial charge in [-0.15, -0.1) is 0 Å². The number of hydrogen-bond acceptors (Lipinski definition) is 5. The Morgan fingerprint density at radius 2 is 2.07 bits per heavy atom. The van der Waals surface area contributed by atoms with Gasteiger partial charge in [0.1, 0.15) is 17.9 Å². The van der Waals surface area contributed by atoms with E-state index in [1.807, 2.05) is 17.9 Å². The minimum absolute atomic E-state index is 0.0666. The van der Waals surface area contributed by atoms with Crippen LogP contribution in [0, 0.1) is 0 Å². The lowest BCUT2D eigenvalue weighted by molar-refractivity contribution is -0.135. The van der Waals surface area contributed by atoms with Crippen molar-refractivity contribution in [1.29, 1.82) is 0 Å². The monoisotopic (exact) mass is 389 g/mol. The van der Waals surface area contributed by atoms with Gasteiger partial charge in [0, 0.05) is 36.3 Å². The number of hydrogen-bond donors (Lipinski definition) is 1. The molecule has 1 amide bonds. The Balaban J connectivity index is 1.50. The van der Waals surface area contributed by atoms with Gasteiger partial charge >= 0.3 is 0 Å². The fourth-order valence-corrected chi connectivity index (χ4v) is 4.50. The van der Waals surface area contributed by atoms with Crippen LogP contribution in [-0.4, -0.2) is 41.4 Å². The van der Waals surface area contributed by atoms with Crippen LogP contribution in [0.5, 0.6) is 0 Å². The van der Waals surface area contributed by atoms with Crippen molar-refractivity contribution in [3.63, 3.8) is 0 Å². The minimum atomic E-state index is -0.426. The number of carbonyl (C=O) groups excluding carboxylic acids is 1. The number of rotatable bonds is 3. The predicted octanol–water partition coefficient (Wildman–Crippen LogP) is 2.82. The summed E-state index contributed by atoms with van der Waals surface area (Å²) in [6.45, 7) is 2.64. The van der Waals surface area contributed by atoms with Gasteiger partial charge in [-0.2, -0.15) is 0 Å². The van der Waals surface area contributed by atoms with Gasteiger partial charge in [-0.05, 0) is 25.8 Å². The van der Waals surface area contributed by atoms with E-state index < -0.39 is 6.04 Å². The molecule has 1 fully saturated rings. The van der Waals surface area contributed by atoms with Gasteiger partial charge in [-0.25, -0.2) is 15.0 Å². The highest BCUT2D eigenvalue weighted by Gasteiger charge is 2.35. The van der Waals surface area contributed by atoms with E-state index in [0.717, 1.165) is 19.4 Å². The Hall–Kier alpha value is -3.42. The number of benzene rings is 1. The molecule has 0 aliphatic carbocycles. The quantitative estimate of drug-likeness (QED) is 0.581. The van der Waals surface area contributed by atoms with E-state index in [0.29, 0.717) is 17.0 Å². The number of para-hydroxylation sites is 1. The van der Waals surface area contributed by atoms with Crippen molar-refractivity contribution in [3.8, 4) is 0 Å². The first-order valence-corrected chi connectivity index (χ1v) is 9.83. The average Bonchev–Trinajstić information content (AvgIpc) is 3.45. The highest BCUT2D eigenvalue weighted by atomic mass is 16.2. The van der Waals surface area contributed by atoms with E-state index in [1.165, 1.54) is 22.8 Å². The second kappa shape index (κ2) is 6.58. The average molecular weight is 389 g/mol. The zero-order valence-corrected chi connectivity index (χ0v) is 16.5. The highest BCUT2D eigenvalue weighted by Crippen LogP contribution is 2.38. The Morgan fingerprint density at radius 1 is 1.24 bits per heavy atom. The van der Waals surface area contributed by atoms with E-state index >= 15 is 0 Å². The molecule has 0 bridgehead atoms. The molecule has 4 heterocycles. The second-order valence-electron chi connectivity index (χ2n) is 7.66. The van der Waals surface area contributed by atoms with Crippen molar-refractivity contribution in [3.05, 3.63) is 48.7 Å². The van der Waals surface area contributed by atoms with Crippen LogP contribution in [0.25, 0.3) is 22.1 Å². The summed E-state index contributed by atoms with van der Waals surface area (Å²) in [6, 6.07) is 8.00. The highest BCUT2D eigenvalue weighted by molar-refractivity contribution is 5.88. The number of aromatic nitrogens is 5. The Morgan fingerprint density at radius 3 is 2.93 bits per heavy atom. The van der Waals surface area contributed by atoms with E-state index in [4.69, 9.17) is 5.73 Å². The first-order valence-electron chi connectivity index (χ1n) is 9.83. The summed E-state index contributed by atoms with van der Waals surface area (Å²) in [7, 11) is 2.05. The molecule has 1 saturated heterocycles. The molecule has 29 heavy (non-hydrogen) atoms. The maximum absolute atomic E-state index is 13.5. The molecular formula is C21H23N7O. The third kappa shape index (κ3) is 2.66. The van der Waals surface area contributed by atoms with Crippen molar-refractivity contribution in [2.24, 2.45) is 7.05 Å². The molecule has 8 heteroatoms. The molecule has 5 rings (SSSR count). The summed E-state index contributed by atoms with van der Waals surface area (Å²) in [5.41, 5.74) is 9.40. The number of nitrogen functional groups attached to an aromatic ring is 1. The molecule has 8 nitrogen and oxygen atoms in total. The van der Waals surface area contributed by atoms with Crippen LogP contribution >= 0.6 is 0 Å². The number of amides is 1. The minimum Gasteiger partial charge on any atom is -0.382 e. The number of nitrogens with two attached hydrogens (primary N) is 1. The van der Waals surface area contributed by atoms with Gasteiger partial charge in [0.15, 0.2) is 11.5 Å². The maximum atomic E-state index is 13.5. The fourth-order valence-electron chi connectivity index (χ4n) is 4.50. The number of imidazole rings is 1. The van der Waals surface area contributed by atoms with E-state index in [-0.39, 0.29) is 11.9 Å². The van der Waals surface area contributed by atoms with E-state index in [1.54, 1.807) is 10.9 Å². The van der Waals surface area contributed by atoms with Gasteiger partial charge in [0.05, 0.1) is 12.4 Å². The molecular weight excluding hydrogens is 366 g/mol. The number of likely N-dealkylation sites (tertiary alicyclic amines) is 1. The largest absolute Gasteiger partial charge is 0.382 e. The van der Waals surface area contributed by atoms with Crippen molar-refractivity contribution >= 4 is 33.8 Å². The van der Waals surface area contributed by atoms with Crippen LogP contribution in [0.1, 0.15) is 37.4 Å². The summed E-state index contributed by atoms with van der Waals surface area (Å²) in [6.07, 6.45) is 7.15. The SMILES string of the molecule is CC(C(=O)N1CCCC1c1cn(C)c2ccccc12)n1cnc2c(N)ncnc21. The number of carbonyl (C=O) groups is 1. The molecule has 4 aromatic rings. The van der Waals surface area contributed by atoms with Crippen molar-refractivity contribution < 1.29 is 4.79 Å². The molecule has 3 aromatic heterocycles. The molecule has 2 N–H and O–H groups in total. The van der Waals surface area contributed by atoms with Gasteiger partial charge in [-0.1, -0.05) is 18.2 Å². The summed E-state index contributed by atoms with van der Waals surface area (Å²) in [5.74, 6) is 0.389. The summed E-state index contributed by atoms with van der Waals surface area (Å²) >= 11 is 0. The van der Waals surface area contributed by atoms with E-state index in [2.05, 4.69) is 51.0 Å². The molecule has 0 radical (unpaired) electrons. The topological polar surface area (TPSA) is 94.9 Å². The van der Waals surface area contributed by atoms with Gasteiger partial charge in [0.25, 0.3) is 0 Å². The number of nitrogens with zero attached hydrogens (tertiary/aromatic N) is 6. The maximum Gasteiger partial charge on any atom is 0.245 e. The lowest BCUT2D eigenvalue weighted by atomic mass is 10.0. The molecule has 1 aliphatic rings. The van der Waals surface area contributed by atoms with Gasteiger partial charge in [0.2, 0.25) is 5.91 Å². The molecule has 2 atom stereocenters. The van der Waals surface area contributed by atoms with Crippen molar-refractivity contribution in [1.82, 2.24) is 29.0 Å². The first kappa shape index (κ1) is 17.7. The Kier molecular flexibility index (Phi) is 4.01. The lowest BCUT2D eigenvalue weighted by Crippen LogP contribution is -2.35. The molecule has 2 unspecified atom stereocenters. The predicted molar refractivity (Wildman–Crippen MR) is 111 cm³/mol. The van der Waals surface area contributed by atoms with Crippen LogP contribution in [0.2, 0.25) is 0 Å². The summed E-state index contributed by atoms with van der Waals surface area (Å²) in [4.78, 5) is 28.1. The number of aryl methyl sites for hydroxylation is 1. The Bertz CT molecular complexity index is 1220. The molecule has 1 aliphatic heterocycles. The van der Waals surface area contributed by atoms with E-state index in [9.17, 15) is 4.79 Å².